The Hall–Kier alpha value is -1.88. The molecule has 1 aromatic rings. The maximum absolute atomic E-state index is 12.1. The zero-order valence-corrected chi connectivity index (χ0v) is 11.9. The van der Waals surface area contributed by atoms with Crippen molar-refractivity contribution in [3.8, 4) is 0 Å². The predicted octanol–water partition coefficient (Wildman–Crippen LogP) is 1.15. The molecular formula is C15H20N2O3. The second-order valence-corrected chi connectivity index (χ2v) is 4.86. The number of carbonyl (C=O) groups is 2. The molecular weight excluding hydrogens is 256 g/mol. The van der Waals surface area contributed by atoms with Gasteiger partial charge in [0.15, 0.2) is 6.29 Å². The first kappa shape index (κ1) is 14.5. The van der Waals surface area contributed by atoms with Gasteiger partial charge in [0, 0.05) is 24.3 Å². The van der Waals surface area contributed by atoms with Crippen LogP contribution in [0.2, 0.25) is 0 Å². The molecule has 0 aliphatic carbocycles. The summed E-state index contributed by atoms with van der Waals surface area (Å²) in [4.78, 5) is 25.3. The lowest BCUT2D eigenvalue weighted by Gasteiger charge is -2.37. The Morgan fingerprint density at radius 3 is 3.05 bits per heavy atom. The van der Waals surface area contributed by atoms with Crippen LogP contribution in [0.5, 0.6) is 0 Å². The number of likely N-dealkylation sites (N-methyl/N-ethyl adjacent to an activating group) is 1. The molecule has 1 aliphatic rings. The molecule has 0 bridgehead atoms. The minimum Gasteiger partial charge on any atom is -0.377 e. The minimum atomic E-state index is -0.384. The number of carbonyl (C=O) groups excluding carboxylic acids is 2. The molecule has 0 radical (unpaired) electrons. The van der Waals surface area contributed by atoms with E-state index in [1.165, 1.54) is 0 Å². The van der Waals surface area contributed by atoms with Crippen molar-refractivity contribution in [3.63, 3.8) is 0 Å². The number of nitrogens with zero attached hydrogens (tertiary/aromatic N) is 1. The number of anilines is 1. The maximum Gasteiger partial charge on any atom is 0.245 e. The van der Waals surface area contributed by atoms with Crippen LogP contribution in [0.15, 0.2) is 18.2 Å². The van der Waals surface area contributed by atoms with Crippen molar-refractivity contribution in [2.45, 2.75) is 19.9 Å². The van der Waals surface area contributed by atoms with Crippen molar-refractivity contribution < 1.29 is 14.3 Å². The third-order valence-electron chi connectivity index (χ3n) is 3.40. The summed E-state index contributed by atoms with van der Waals surface area (Å²) in [7, 11) is 0. The van der Waals surface area contributed by atoms with Crippen molar-refractivity contribution in [3.05, 3.63) is 29.3 Å². The van der Waals surface area contributed by atoms with Crippen LogP contribution in [0.25, 0.3) is 0 Å². The maximum atomic E-state index is 12.1. The van der Waals surface area contributed by atoms with E-state index in [-0.39, 0.29) is 11.9 Å². The number of rotatable bonds is 4. The fraction of sp³-hybridized carbons (Fsp3) is 0.467. The molecule has 108 valence electrons. The summed E-state index contributed by atoms with van der Waals surface area (Å²) in [5.74, 6) is -0.0652. The van der Waals surface area contributed by atoms with Gasteiger partial charge in [-0.1, -0.05) is 11.6 Å². The molecule has 20 heavy (non-hydrogen) atoms. The topological polar surface area (TPSA) is 58.6 Å². The Balaban J connectivity index is 2.32. The second-order valence-electron chi connectivity index (χ2n) is 4.86. The number of ether oxygens (including phenoxy) is 1. The third-order valence-corrected chi connectivity index (χ3v) is 3.40. The Kier molecular flexibility index (Phi) is 4.74. The van der Waals surface area contributed by atoms with Crippen molar-refractivity contribution in [2.24, 2.45) is 0 Å². The van der Waals surface area contributed by atoms with Crippen LogP contribution in [0, 0.1) is 6.92 Å². The summed E-state index contributed by atoms with van der Waals surface area (Å²) in [6.07, 6.45) is 0.840. The molecule has 5 nitrogen and oxygen atoms in total. The van der Waals surface area contributed by atoms with Crippen LogP contribution in [-0.2, 0) is 9.53 Å². The number of nitrogens with one attached hydrogen (secondary N) is 1. The number of morpholine rings is 1. The van der Waals surface area contributed by atoms with Gasteiger partial charge in [0.1, 0.15) is 6.04 Å². The number of hydrogen-bond acceptors (Lipinski definition) is 4. The highest BCUT2D eigenvalue weighted by Gasteiger charge is 2.30. The average molecular weight is 276 g/mol. The van der Waals surface area contributed by atoms with E-state index in [0.717, 1.165) is 17.5 Å². The average Bonchev–Trinajstić information content (AvgIpc) is 2.47. The van der Waals surface area contributed by atoms with E-state index in [1.807, 2.05) is 36.9 Å². The van der Waals surface area contributed by atoms with E-state index in [0.29, 0.717) is 31.9 Å². The molecule has 1 N–H and O–H groups in total. The van der Waals surface area contributed by atoms with E-state index in [1.54, 1.807) is 0 Å². The number of aryl methyl sites for hydroxylation is 1. The van der Waals surface area contributed by atoms with Gasteiger partial charge >= 0.3 is 0 Å². The smallest absolute Gasteiger partial charge is 0.245 e. The van der Waals surface area contributed by atoms with Gasteiger partial charge in [-0.25, -0.2) is 0 Å². The molecule has 1 unspecified atom stereocenters. The van der Waals surface area contributed by atoms with Gasteiger partial charge in [0.05, 0.1) is 13.2 Å². The number of amides is 1. The van der Waals surface area contributed by atoms with Gasteiger partial charge in [0.2, 0.25) is 5.91 Å². The normalized spacial score (nSPS) is 18.7. The highest BCUT2D eigenvalue weighted by Crippen LogP contribution is 2.24. The Morgan fingerprint density at radius 2 is 2.35 bits per heavy atom. The molecule has 1 aliphatic heterocycles. The fourth-order valence-electron chi connectivity index (χ4n) is 2.43. The second kappa shape index (κ2) is 6.52. The van der Waals surface area contributed by atoms with Crippen LogP contribution >= 0.6 is 0 Å². The Bertz CT molecular complexity index is 502. The summed E-state index contributed by atoms with van der Waals surface area (Å²) < 4.78 is 5.41. The molecule has 5 heteroatoms. The SMILES string of the molecule is CCNC(=O)C1COCCN1c1ccc(C)cc1C=O. The lowest BCUT2D eigenvalue weighted by atomic mass is 10.1. The first-order chi connectivity index (χ1) is 9.67. The van der Waals surface area contributed by atoms with Crippen molar-refractivity contribution in [2.75, 3.05) is 31.2 Å². The molecule has 1 aromatic carbocycles. The van der Waals surface area contributed by atoms with Crippen LogP contribution in [0.4, 0.5) is 5.69 Å². The molecule has 2 rings (SSSR count). The first-order valence-corrected chi connectivity index (χ1v) is 6.85. The van der Waals surface area contributed by atoms with Gasteiger partial charge in [-0.2, -0.15) is 0 Å². The predicted molar refractivity (Wildman–Crippen MR) is 77.2 cm³/mol. The Morgan fingerprint density at radius 1 is 1.55 bits per heavy atom. The number of benzene rings is 1. The van der Waals surface area contributed by atoms with Gasteiger partial charge in [0.25, 0.3) is 0 Å². The monoisotopic (exact) mass is 276 g/mol. The van der Waals surface area contributed by atoms with E-state index in [9.17, 15) is 9.59 Å². The molecule has 0 saturated carbocycles. The summed E-state index contributed by atoms with van der Waals surface area (Å²) >= 11 is 0. The summed E-state index contributed by atoms with van der Waals surface area (Å²) in [6.45, 7) is 5.91. The first-order valence-electron chi connectivity index (χ1n) is 6.85. The quantitative estimate of drug-likeness (QED) is 0.838. The summed E-state index contributed by atoms with van der Waals surface area (Å²) in [6, 6.07) is 5.31. The molecule has 1 amide bonds. The van der Waals surface area contributed by atoms with Gasteiger partial charge in [-0.15, -0.1) is 0 Å². The van der Waals surface area contributed by atoms with Crippen LogP contribution < -0.4 is 10.2 Å². The van der Waals surface area contributed by atoms with E-state index < -0.39 is 0 Å². The van der Waals surface area contributed by atoms with Gasteiger partial charge < -0.3 is 15.0 Å². The highest BCUT2D eigenvalue weighted by molar-refractivity contribution is 5.90. The van der Waals surface area contributed by atoms with Crippen molar-refractivity contribution in [1.82, 2.24) is 5.32 Å². The zero-order valence-electron chi connectivity index (χ0n) is 11.9. The summed E-state index contributed by atoms with van der Waals surface area (Å²) in [5, 5.41) is 2.81. The van der Waals surface area contributed by atoms with E-state index in [4.69, 9.17) is 4.74 Å². The van der Waals surface area contributed by atoms with E-state index in [2.05, 4.69) is 5.32 Å². The lowest BCUT2D eigenvalue weighted by molar-refractivity contribution is -0.124. The largest absolute Gasteiger partial charge is 0.377 e. The molecule has 0 spiro atoms. The third kappa shape index (κ3) is 2.99. The molecule has 1 saturated heterocycles. The standard InChI is InChI=1S/C15H20N2O3/c1-3-16-15(19)14-10-20-7-6-17(14)13-5-4-11(2)8-12(13)9-18/h4-5,8-9,14H,3,6-7,10H2,1-2H3,(H,16,19). The zero-order chi connectivity index (χ0) is 14.5. The lowest BCUT2D eigenvalue weighted by Crippen LogP contribution is -2.54. The minimum absolute atomic E-state index is 0.0652. The van der Waals surface area contributed by atoms with E-state index >= 15 is 0 Å². The van der Waals surface area contributed by atoms with Crippen LogP contribution in [0.3, 0.4) is 0 Å². The molecule has 1 fully saturated rings. The highest BCUT2D eigenvalue weighted by atomic mass is 16.5. The molecule has 0 aromatic heterocycles. The van der Waals surface area contributed by atoms with Gasteiger partial charge in [-0.3, -0.25) is 9.59 Å². The molecule has 1 heterocycles. The Labute approximate surface area is 118 Å². The van der Waals surface area contributed by atoms with Crippen molar-refractivity contribution in [1.29, 1.82) is 0 Å². The van der Waals surface area contributed by atoms with Crippen LogP contribution in [0.1, 0.15) is 22.8 Å². The van der Waals surface area contributed by atoms with Gasteiger partial charge in [-0.05, 0) is 26.0 Å². The van der Waals surface area contributed by atoms with Crippen LogP contribution in [-0.4, -0.2) is 44.5 Å². The fourth-order valence-corrected chi connectivity index (χ4v) is 2.43. The van der Waals surface area contributed by atoms with Crippen molar-refractivity contribution >= 4 is 17.9 Å². The molecule has 1 atom stereocenters. The number of aldehydes is 1. The summed E-state index contributed by atoms with van der Waals surface area (Å²) in [5.41, 5.74) is 2.44. The number of hydrogen-bond donors (Lipinski definition) is 1.